The van der Waals surface area contributed by atoms with Gasteiger partial charge in [-0.15, -0.1) is 0 Å². The molecule has 2 amide bonds. The van der Waals surface area contributed by atoms with Gasteiger partial charge in [0.15, 0.2) is 0 Å². The second-order valence-corrected chi connectivity index (χ2v) is 7.42. The topological polar surface area (TPSA) is 105 Å². The summed E-state index contributed by atoms with van der Waals surface area (Å²) in [5.41, 5.74) is 0.885. The zero-order valence-corrected chi connectivity index (χ0v) is 14.5. The molecule has 0 aromatic heterocycles. The Morgan fingerprint density at radius 1 is 1.33 bits per heavy atom. The Morgan fingerprint density at radius 2 is 2.08 bits per heavy atom. The molecule has 2 N–H and O–H groups in total. The van der Waals surface area contributed by atoms with E-state index in [1.165, 1.54) is 18.3 Å². The molecular formula is C15H21N3O5S. The fourth-order valence-electron chi connectivity index (χ4n) is 2.45. The molecule has 1 aromatic rings. The van der Waals surface area contributed by atoms with Crippen LogP contribution in [-0.4, -0.2) is 46.2 Å². The Bertz CT molecular complexity index is 733. The van der Waals surface area contributed by atoms with Crippen LogP contribution in [0.25, 0.3) is 0 Å². The highest BCUT2D eigenvalue weighted by atomic mass is 32.2. The maximum absolute atomic E-state index is 12.1. The van der Waals surface area contributed by atoms with Crippen LogP contribution in [0.2, 0.25) is 0 Å². The number of hydrogen-bond acceptors (Lipinski definition) is 5. The maximum atomic E-state index is 12.1. The van der Waals surface area contributed by atoms with Crippen LogP contribution in [0.3, 0.4) is 0 Å². The highest BCUT2D eigenvalue weighted by Crippen LogP contribution is 2.35. The van der Waals surface area contributed by atoms with Crippen molar-refractivity contribution < 1.29 is 22.7 Å². The number of sulfonamides is 1. The van der Waals surface area contributed by atoms with E-state index in [1.807, 2.05) is 0 Å². The molecule has 2 rings (SSSR count). The summed E-state index contributed by atoms with van der Waals surface area (Å²) in [5.74, 6) is 0.0540. The van der Waals surface area contributed by atoms with E-state index in [0.717, 1.165) is 0 Å². The quantitative estimate of drug-likeness (QED) is 0.781. The lowest BCUT2D eigenvalue weighted by Gasteiger charge is -2.20. The monoisotopic (exact) mass is 355 g/mol. The molecule has 24 heavy (non-hydrogen) atoms. The van der Waals surface area contributed by atoms with E-state index in [4.69, 9.17) is 4.74 Å². The van der Waals surface area contributed by atoms with Crippen LogP contribution in [0, 0.1) is 0 Å². The molecule has 1 fully saturated rings. The average molecular weight is 355 g/mol. The number of nitrogens with zero attached hydrogens (tertiary/aromatic N) is 1. The summed E-state index contributed by atoms with van der Waals surface area (Å²) in [6.07, 6.45) is 0.682. The molecule has 0 saturated carbocycles. The fraction of sp³-hybridized carbons (Fsp3) is 0.467. The Kier molecular flexibility index (Phi) is 5.66. The fourth-order valence-corrected chi connectivity index (χ4v) is 4.01. The van der Waals surface area contributed by atoms with Gasteiger partial charge in [-0.1, -0.05) is 0 Å². The lowest BCUT2D eigenvalue weighted by molar-refractivity contribution is -0.119. The van der Waals surface area contributed by atoms with E-state index >= 15 is 0 Å². The highest BCUT2D eigenvalue weighted by Gasteiger charge is 2.30. The first-order chi connectivity index (χ1) is 11.3. The van der Waals surface area contributed by atoms with Crippen molar-refractivity contribution in [3.63, 3.8) is 0 Å². The molecule has 1 heterocycles. The molecule has 0 aliphatic carbocycles. The zero-order chi connectivity index (χ0) is 17.7. The normalized spacial score (nSPS) is 15.8. The minimum absolute atomic E-state index is 0.101. The van der Waals surface area contributed by atoms with Gasteiger partial charge in [-0.25, -0.2) is 8.42 Å². The van der Waals surface area contributed by atoms with Gasteiger partial charge in [-0.3, -0.25) is 13.9 Å². The molecule has 1 aromatic carbocycles. The number of nitrogens with one attached hydrogen (secondary N) is 2. The summed E-state index contributed by atoms with van der Waals surface area (Å²) in [5, 5.41) is 5.23. The van der Waals surface area contributed by atoms with Gasteiger partial charge in [-0.05, 0) is 24.6 Å². The van der Waals surface area contributed by atoms with Gasteiger partial charge in [0.05, 0.1) is 18.6 Å². The van der Waals surface area contributed by atoms with Crippen LogP contribution >= 0.6 is 0 Å². The molecular weight excluding hydrogens is 334 g/mol. The number of carbonyl (C=O) groups excluding carboxylic acids is 2. The second-order valence-electron chi connectivity index (χ2n) is 5.41. The van der Waals surface area contributed by atoms with Crippen molar-refractivity contribution >= 4 is 33.2 Å². The SMILES string of the molecule is COc1ccc(NC(=O)CCNC(C)=O)cc1N1CCCS1(=O)=O. The van der Waals surface area contributed by atoms with Crippen molar-refractivity contribution in [2.45, 2.75) is 19.8 Å². The summed E-state index contributed by atoms with van der Waals surface area (Å²) in [7, 11) is -1.88. The van der Waals surface area contributed by atoms with Gasteiger partial charge in [-0.2, -0.15) is 0 Å². The van der Waals surface area contributed by atoms with Crippen molar-refractivity contribution in [1.82, 2.24) is 5.32 Å². The van der Waals surface area contributed by atoms with Gasteiger partial charge >= 0.3 is 0 Å². The van der Waals surface area contributed by atoms with E-state index < -0.39 is 10.0 Å². The summed E-state index contributed by atoms with van der Waals surface area (Å²) >= 11 is 0. The maximum Gasteiger partial charge on any atom is 0.235 e. The molecule has 8 nitrogen and oxygen atoms in total. The number of benzene rings is 1. The molecule has 1 saturated heterocycles. The van der Waals surface area contributed by atoms with E-state index in [2.05, 4.69) is 10.6 Å². The highest BCUT2D eigenvalue weighted by molar-refractivity contribution is 7.93. The largest absolute Gasteiger partial charge is 0.495 e. The number of methoxy groups -OCH3 is 1. The van der Waals surface area contributed by atoms with Crippen LogP contribution in [0.1, 0.15) is 19.8 Å². The average Bonchev–Trinajstić information content (AvgIpc) is 2.86. The van der Waals surface area contributed by atoms with E-state index in [-0.39, 0.29) is 30.5 Å². The molecule has 1 aliphatic heterocycles. The standard InChI is InChI=1S/C15H21N3O5S/c1-11(19)16-7-6-15(20)17-12-4-5-14(23-2)13(10-12)18-8-3-9-24(18,21)22/h4-5,10H,3,6-9H2,1-2H3,(H,16,19)(H,17,20). The Morgan fingerprint density at radius 3 is 2.67 bits per heavy atom. The van der Waals surface area contributed by atoms with Gasteiger partial charge in [0.2, 0.25) is 21.8 Å². The first-order valence-electron chi connectivity index (χ1n) is 7.56. The van der Waals surface area contributed by atoms with Gasteiger partial charge in [0.25, 0.3) is 0 Å². The predicted molar refractivity (Wildman–Crippen MR) is 90.7 cm³/mol. The smallest absolute Gasteiger partial charge is 0.235 e. The van der Waals surface area contributed by atoms with Crippen molar-refractivity contribution in [2.24, 2.45) is 0 Å². The van der Waals surface area contributed by atoms with Crippen molar-refractivity contribution in [3.8, 4) is 5.75 Å². The third-order valence-corrected chi connectivity index (χ3v) is 5.41. The van der Waals surface area contributed by atoms with Crippen LogP contribution in [0.15, 0.2) is 18.2 Å². The number of anilines is 2. The van der Waals surface area contributed by atoms with Crippen LogP contribution in [-0.2, 0) is 19.6 Å². The van der Waals surface area contributed by atoms with Crippen LogP contribution in [0.4, 0.5) is 11.4 Å². The predicted octanol–water partition coefficient (Wildman–Crippen LogP) is 0.700. The number of ether oxygens (including phenoxy) is 1. The minimum atomic E-state index is -3.35. The molecule has 0 radical (unpaired) electrons. The minimum Gasteiger partial charge on any atom is -0.495 e. The van der Waals surface area contributed by atoms with Crippen molar-refractivity contribution in [3.05, 3.63) is 18.2 Å². The van der Waals surface area contributed by atoms with E-state index in [9.17, 15) is 18.0 Å². The van der Waals surface area contributed by atoms with Gasteiger partial charge in [0.1, 0.15) is 5.75 Å². The van der Waals surface area contributed by atoms with Crippen molar-refractivity contribution in [1.29, 1.82) is 0 Å². The Hall–Kier alpha value is -2.29. The molecule has 132 valence electrons. The summed E-state index contributed by atoms with van der Waals surface area (Å²) < 4.78 is 30.8. The molecule has 1 aliphatic rings. The lowest BCUT2D eigenvalue weighted by atomic mass is 10.2. The molecule has 0 unspecified atom stereocenters. The Labute approximate surface area is 141 Å². The lowest BCUT2D eigenvalue weighted by Crippen LogP contribution is -2.26. The van der Waals surface area contributed by atoms with E-state index in [0.29, 0.717) is 30.1 Å². The van der Waals surface area contributed by atoms with Crippen LogP contribution in [0.5, 0.6) is 5.75 Å². The molecule has 0 spiro atoms. The molecule has 0 bridgehead atoms. The summed E-state index contributed by atoms with van der Waals surface area (Å²) in [4.78, 5) is 22.7. The van der Waals surface area contributed by atoms with Gasteiger partial charge < -0.3 is 15.4 Å². The number of hydrogen-bond donors (Lipinski definition) is 2. The zero-order valence-electron chi connectivity index (χ0n) is 13.7. The number of rotatable bonds is 6. The third kappa shape index (κ3) is 4.38. The molecule has 0 atom stereocenters. The number of carbonyl (C=O) groups is 2. The first-order valence-corrected chi connectivity index (χ1v) is 9.17. The third-order valence-electron chi connectivity index (χ3n) is 3.56. The van der Waals surface area contributed by atoms with E-state index in [1.54, 1.807) is 18.2 Å². The van der Waals surface area contributed by atoms with Crippen molar-refractivity contribution in [2.75, 3.05) is 35.6 Å². The molecule has 9 heteroatoms. The summed E-state index contributed by atoms with van der Waals surface area (Å²) in [6.45, 7) is 2.01. The second kappa shape index (κ2) is 7.52. The Balaban J connectivity index is 2.14. The van der Waals surface area contributed by atoms with Gasteiger partial charge in [0, 0.05) is 32.1 Å². The van der Waals surface area contributed by atoms with Crippen LogP contribution < -0.4 is 19.7 Å². The first kappa shape index (κ1) is 18.1. The summed E-state index contributed by atoms with van der Waals surface area (Å²) in [6, 6.07) is 4.84. The number of amides is 2.